The molecule has 1 N–H and O–H groups in total. The summed E-state index contributed by atoms with van der Waals surface area (Å²) < 4.78 is 43.5. The fraction of sp³-hybridized carbons (Fsp3) is 0.231. The number of hydrogen-bond donors (Lipinski definition) is 1. The summed E-state index contributed by atoms with van der Waals surface area (Å²) in [6, 6.07) is 3.16. The molecule has 120 valence electrons. The smallest absolute Gasteiger partial charge is 0.329 e. The molecule has 23 heavy (non-hydrogen) atoms. The molecular weight excluding hydrogens is 315 g/mol. The Hall–Kier alpha value is -2.91. The van der Waals surface area contributed by atoms with Crippen LogP contribution in [-0.2, 0) is 19.1 Å². The Bertz CT molecular complexity index is 851. The van der Waals surface area contributed by atoms with Crippen LogP contribution in [-0.4, -0.2) is 24.9 Å². The van der Waals surface area contributed by atoms with Crippen molar-refractivity contribution in [1.82, 2.24) is 24.9 Å². The average Bonchev–Trinajstić information content (AvgIpc) is 3.17. The van der Waals surface area contributed by atoms with Crippen LogP contribution in [0.5, 0.6) is 0 Å². The first-order chi connectivity index (χ1) is 10.9. The van der Waals surface area contributed by atoms with Gasteiger partial charge in [0.1, 0.15) is 0 Å². The molecule has 0 radical (unpaired) electrons. The number of pyridine rings is 1. The molecule has 0 aliphatic heterocycles. The van der Waals surface area contributed by atoms with Gasteiger partial charge in [-0.3, -0.25) is 9.48 Å². The lowest BCUT2D eigenvalue weighted by atomic mass is 10.1. The summed E-state index contributed by atoms with van der Waals surface area (Å²) in [5.41, 5.74) is 0.0331. The van der Waals surface area contributed by atoms with Gasteiger partial charge in [0.05, 0.1) is 0 Å². The van der Waals surface area contributed by atoms with E-state index in [1.807, 2.05) is 0 Å². The number of rotatable bonds is 4. The molecule has 0 unspecified atom stereocenters. The summed E-state index contributed by atoms with van der Waals surface area (Å²) in [6.07, 6.45) is 0.140. The van der Waals surface area contributed by atoms with E-state index in [0.29, 0.717) is 6.54 Å². The van der Waals surface area contributed by atoms with E-state index >= 15 is 0 Å². The summed E-state index contributed by atoms with van der Waals surface area (Å²) in [4.78, 5) is 17.8. The lowest BCUT2D eigenvalue weighted by Crippen LogP contribution is -2.16. The normalized spacial score (nSPS) is 11.8. The van der Waals surface area contributed by atoms with E-state index in [9.17, 15) is 18.0 Å². The predicted molar refractivity (Wildman–Crippen MR) is 71.3 cm³/mol. The number of aromatic amines is 1. The van der Waals surface area contributed by atoms with Crippen LogP contribution in [0.15, 0.2) is 40.0 Å². The summed E-state index contributed by atoms with van der Waals surface area (Å²) in [6.45, 7) is 0.386. The van der Waals surface area contributed by atoms with Gasteiger partial charge in [0, 0.05) is 36.3 Å². The first kappa shape index (κ1) is 15.0. The summed E-state index contributed by atoms with van der Waals surface area (Å²) in [5, 5.41) is 7.32. The van der Waals surface area contributed by atoms with Crippen LogP contribution < -0.4 is 5.56 Å². The average molecular weight is 325 g/mol. The second-order valence-electron chi connectivity index (χ2n) is 4.64. The predicted octanol–water partition coefficient (Wildman–Crippen LogP) is 1.88. The van der Waals surface area contributed by atoms with Crippen LogP contribution in [0.3, 0.4) is 0 Å². The number of aromatic nitrogens is 5. The van der Waals surface area contributed by atoms with Crippen LogP contribution >= 0.6 is 0 Å². The van der Waals surface area contributed by atoms with Gasteiger partial charge in [0.2, 0.25) is 5.82 Å². The van der Waals surface area contributed by atoms with Gasteiger partial charge in [-0.2, -0.15) is 23.3 Å². The van der Waals surface area contributed by atoms with E-state index in [2.05, 4.69) is 24.7 Å². The number of H-pyrrole nitrogens is 1. The minimum atomic E-state index is -4.73. The van der Waals surface area contributed by atoms with Gasteiger partial charge in [-0.15, -0.1) is 0 Å². The highest BCUT2D eigenvalue weighted by atomic mass is 19.4. The molecule has 0 atom stereocenters. The molecule has 7 nitrogen and oxygen atoms in total. The molecule has 0 saturated heterocycles. The molecule has 0 aliphatic rings. The van der Waals surface area contributed by atoms with Crippen LogP contribution in [0, 0.1) is 0 Å². The summed E-state index contributed by atoms with van der Waals surface area (Å²) in [7, 11) is 0. The maximum atomic E-state index is 12.6. The minimum Gasteiger partial charge on any atom is -0.329 e. The Balaban J connectivity index is 1.94. The fourth-order valence-electron chi connectivity index (χ4n) is 2.08. The molecule has 3 rings (SSSR count). The maximum absolute atomic E-state index is 12.6. The number of aryl methyl sites for hydroxylation is 1. The highest BCUT2D eigenvalue weighted by molar-refractivity contribution is 5.58. The zero-order valence-electron chi connectivity index (χ0n) is 11.5. The highest BCUT2D eigenvalue weighted by Crippen LogP contribution is 2.29. The lowest BCUT2D eigenvalue weighted by molar-refractivity contribution is -0.159. The third-order valence-electron chi connectivity index (χ3n) is 3.12. The lowest BCUT2D eigenvalue weighted by Gasteiger charge is -2.05. The molecule has 3 heterocycles. The van der Waals surface area contributed by atoms with Gasteiger partial charge in [-0.1, -0.05) is 5.16 Å². The van der Waals surface area contributed by atoms with Gasteiger partial charge < -0.3 is 9.51 Å². The molecule has 0 spiro atoms. The molecule has 3 aromatic rings. The molecule has 3 aromatic heterocycles. The Morgan fingerprint density at radius 3 is 2.83 bits per heavy atom. The van der Waals surface area contributed by atoms with E-state index < -0.39 is 17.6 Å². The highest BCUT2D eigenvalue weighted by Gasteiger charge is 2.38. The largest absolute Gasteiger partial charge is 0.471 e. The Labute approximate surface area is 126 Å². The zero-order valence-corrected chi connectivity index (χ0v) is 11.5. The van der Waals surface area contributed by atoms with Crippen LogP contribution in [0.1, 0.15) is 11.5 Å². The molecule has 0 fully saturated rings. The van der Waals surface area contributed by atoms with Crippen molar-refractivity contribution in [2.75, 3.05) is 0 Å². The Morgan fingerprint density at radius 1 is 1.35 bits per heavy atom. The zero-order chi connectivity index (χ0) is 16.4. The molecule has 0 saturated carbocycles. The summed E-state index contributed by atoms with van der Waals surface area (Å²) in [5.74, 6) is -1.73. The van der Waals surface area contributed by atoms with E-state index in [4.69, 9.17) is 0 Å². The van der Waals surface area contributed by atoms with Crippen LogP contribution in [0.25, 0.3) is 11.4 Å². The number of nitrogens with one attached hydrogen (secondary N) is 1. The van der Waals surface area contributed by atoms with Crippen molar-refractivity contribution < 1.29 is 17.7 Å². The van der Waals surface area contributed by atoms with E-state index in [1.54, 1.807) is 23.1 Å². The molecule has 0 bridgehead atoms. The second-order valence-corrected chi connectivity index (χ2v) is 4.64. The van der Waals surface area contributed by atoms with Crippen molar-refractivity contribution in [3.63, 3.8) is 0 Å². The van der Waals surface area contributed by atoms with Crippen molar-refractivity contribution in [3.05, 3.63) is 52.5 Å². The topological polar surface area (TPSA) is 89.6 Å². The SMILES string of the molecule is O=c1[nH]ccc(-c2noc(C(F)(F)F)n2)c1CCn1cccn1. The van der Waals surface area contributed by atoms with Gasteiger partial charge in [-0.05, 0) is 18.6 Å². The second kappa shape index (κ2) is 5.71. The minimum absolute atomic E-state index is 0.195. The third-order valence-corrected chi connectivity index (χ3v) is 3.12. The first-order valence-corrected chi connectivity index (χ1v) is 6.54. The summed E-state index contributed by atoms with van der Waals surface area (Å²) >= 11 is 0. The van der Waals surface area contributed by atoms with Gasteiger partial charge in [0.15, 0.2) is 0 Å². The van der Waals surface area contributed by atoms with Crippen molar-refractivity contribution in [1.29, 1.82) is 0 Å². The van der Waals surface area contributed by atoms with Crippen molar-refractivity contribution >= 4 is 0 Å². The van der Waals surface area contributed by atoms with Crippen molar-refractivity contribution in [2.24, 2.45) is 0 Å². The number of nitrogens with zero attached hydrogens (tertiary/aromatic N) is 4. The van der Waals surface area contributed by atoms with Crippen LogP contribution in [0.2, 0.25) is 0 Å². The molecule has 0 aliphatic carbocycles. The van der Waals surface area contributed by atoms with E-state index in [0.717, 1.165) is 0 Å². The van der Waals surface area contributed by atoms with Gasteiger partial charge in [0.25, 0.3) is 5.56 Å². The monoisotopic (exact) mass is 325 g/mol. The first-order valence-electron chi connectivity index (χ1n) is 6.54. The molecule has 10 heteroatoms. The third kappa shape index (κ3) is 3.15. The standard InChI is InChI=1S/C13H10F3N5O2/c14-13(15,16)12-19-10(20-23-12)8-2-5-17-11(22)9(8)3-7-21-6-1-4-18-21/h1-2,4-6H,3,7H2,(H,17,22). The van der Waals surface area contributed by atoms with Crippen LogP contribution in [0.4, 0.5) is 13.2 Å². The fourth-order valence-corrected chi connectivity index (χ4v) is 2.08. The van der Waals surface area contributed by atoms with Crippen molar-refractivity contribution in [2.45, 2.75) is 19.1 Å². The maximum Gasteiger partial charge on any atom is 0.471 e. The van der Waals surface area contributed by atoms with Gasteiger partial charge >= 0.3 is 12.1 Å². The number of alkyl halides is 3. The molecule has 0 aromatic carbocycles. The Kier molecular flexibility index (Phi) is 3.72. The van der Waals surface area contributed by atoms with E-state index in [-0.39, 0.29) is 23.4 Å². The van der Waals surface area contributed by atoms with E-state index in [1.165, 1.54) is 12.3 Å². The molecular formula is C13H10F3N5O2. The molecule has 0 amide bonds. The number of hydrogen-bond acceptors (Lipinski definition) is 5. The Morgan fingerprint density at radius 2 is 2.17 bits per heavy atom. The van der Waals surface area contributed by atoms with Gasteiger partial charge in [-0.25, -0.2) is 0 Å². The van der Waals surface area contributed by atoms with Crippen molar-refractivity contribution in [3.8, 4) is 11.4 Å². The number of halogens is 3. The quantitative estimate of drug-likeness (QED) is 0.791.